The predicted molar refractivity (Wildman–Crippen MR) is 103 cm³/mol. The zero-order chi connectivity index (χ0) is 19.2. The lowest BCUT2D eigenvalue weighted by Crippen LogP contribution is -2.39. The molecule has 0 fully saturated rings. The number of carbonyl (C=O) groups excluding carboxylic acids is 1. The standard InChI is InChI=1S/C20H20ClFN4O/c1-2-25(13-15-4-3-5-18(22)10-15)20(27)23-11-16-12-24-26(14-16)19-8-6-17(21)7-9-19/h3-10,12,14H,2,11,13H2,1H3,(H,23,27). The van der Waals surface area contributed by atoms with Crippen LogP contribution in [0, 0.1) is 5.82 Å². The second-order valence-corrected chi connectivity index (χ2v) is 6.51. The van der Waals surface area contributed by atoms with Crippen LogP contribution in [0.5, 0.6) is 0 Å². The van der Waals surface area contributed by atoms with Gasteiger partial charge in [-0.05, 0) is 48.9 Å². The predicted octanol–water partition coefficient (Wildman–Crippen LogP) is 4.40. The fraction of sp³-hybridized carbons (Fsp3) is 0.200. The van der Waals surface area contributed by atoms with Crippen molar-refractivity contribution in [3.63, 3.8) is 0 Å². The van der Waals surface area contributed by atoms with Crippen LogP contribution in [0.4, 0.5) is 9.18 Å². The summed E-state index contributed by atoms with van der Waals surface area (Å²) in [5, 5.41) is 7.84. The van der Waals surface area contributed by atoms with E-state index in [1.165, 1.54) is 12.1 Å². The maximum atomic E-state index is 13.3. The van der Waals surface area contributed by atoms with Gasteiger partial charge in [-0.15, -0.1) is 0 Å². The van der Waals surface area contributed by atoms with E-state index in [2.05, 4.69) is 10.4 Å². The smallest absolute Gasteiger partial charge is 0.317 e. The summed E-state index contributed by atoms with van der Waals surface area (Å²) < 4.78 is 15.0. The van der Waals surface area contributed by atoms with Crippen molar-refractivity contribution >= 4 is 17.6 Å². The van der Waals surface area contributed by atoms with E-state index in [0.29, 0.717) is 24.7 Å². The molecule has 0 saturated heterocycles. The molecule has 1 heterocycles. The summed E-state index contributed by atoms with van der Waals surface area (Å²) >= 11 is 5.90. The Kier molecular flexibility index (Phi) is 6.08. The Labute approximate surface area is 162 Å². The van der Waals surface area contributed by atoms with E-state index in [0.717, 1.165) is 16.8 Å². The van der Waals surface area contributed by atoms with Crippen molar-refractivity contribution < 1.29 is 9.18 Å². The molecule has 1 aromatic heterocycles. The number of urea groups is 1. The summed E-state index contributed by atoms with van der Waals surface area (Å²) in [6.45, 7) is 3.11. The normalized spacial score (nSPS) is 10.6. The average Bonchev–Trinajstić information content (AvgIpc) is 3.14. The molecule has 1 N–H and O–H groups in total. The second-order valence-electron chi connectivity index (χ2n) is 6.07. The quantitative estimate of drug-likeness (QED) is 0.682. The molecule has 0 aliphatic carbocycles. The molecule has 0 spiro atoms. The van der Waals surface area contributed by atoms with E-state index in [1.54, 1.807) is 40.0 Å². The molecular weight excluding hydrogens is 367 g/mol. The number of aromatic nitrogens is 2. The Balaban J connectivity index is 1.58. The third-order valence-electron chi connectivity index (χ3n) is 4.10. The van der Waals surface area contributed by atoms with Gasteiger partial charge in [0.2, 0.25) is 0 Å². The van der Waals surface area contributed by atoms with Gasteiger partial charge in [0.05, 0.1) is 11.9 Å². The van der Waals surface area contributed by atoms with Crippen LogP contribution in [0.3, 0.4) is 0 Å². The molecule has 27 heavy (non-hydrogen) atoms. The van der Waals surface area contributed by atoms with Gasteiger partial charge in [0.25, 0.3) is 0 Å². The zero-order valence-electron chi connectivity index (χ0n) is 14.9. The minimum absolute atomic E-state index is 0.207. The van der Waals surface area contributed by atoms with E-state index in [9.17, 15) is 9.18 Å². The minimum atomic E-state index is -0.307. The van der Waals surface area contributed by atoms with Crippen molar-refractivity contribution in [2.45, 2.75) is 20.0 Å². The largest absolute Gasteiger partial charge is 0.334 e. The molecule has 2 amide bonds. The molecule has 7 heteroatoms. The number of hydrogen-bond donors (Lipinski definition) is 1. The maximum Gasteiger partial charge on any atom is 0.317 e. The first kappa shape index (κ1) is 18.9. The Bertz CT molecular complexity index is 910. The lowest BCUT2D eigenvalue weighted by Gasteiger charge is -2.21. The van der Waals surface area contributed by atoms with Crippen LogP contribution in [0.2, 0.25) is 5.02 Å². The van der Waals surface area contributed by atoms with Crippen LogP contribution < -0.4 is 5.32 Å². The summed E-state index contributed by atoms with van der Waals surface area (Å²) in [7, 11) is 0. The van der Waals surface area contributed by atoms with Gasteiger partial charge >= 0.3 is 6.03 Å². The summed E-state index contributed by atoms with van der Waals surface area (Å²) in [6.07, 6.45) is 3.56. The van der Waals surface area contributed by atoms with Crippen LogP contribution in [0.15, 0.2) is 60.9 Å². The monoisotopic (exact) mass is 386 g/mol. The van der Waals surface area contributed by atoms with Crippen molar-refractivity contribution in [3.8, 4) is 5.69 Å². The van der Waals surface area contributed by atoms with Gasteiger partial charge in [0.15, 0.2) is 0 Å². The van der Waals surface area contributed by atoms with E-state index < -0.39 is 0 Å². The van der Waals surface area contributed by atoms with Gasteiger partial charge in [-0.25, -0.2) is 13.9 Å². The van der Waals surface area contributed by atoms with Crippen LogP contribution >= 0.6 is 11.6 Å². The average molecular weight is 387 g/mol. The third-order valence-corrected chi connectivity index (χ3v) is 4.35. The highest BCUT2D eigenvalue weighted by molar-refractivity contribution is 6.30. The molecule has 0 aliphatic heterocycles. The van der Waals surface area contributed by atoms with Crippen LogP contribution in [-0.4, -0.2) is 27.3 Å². The molecule has 2 aromatic carbocycles. The molecule has 0 unspecified atom stereocenters. The summed E-state index contributed by atoms with van der Waals surface area (Å²) in [5.41, 5.74) is 2.51. The second kappa shape index (κ2) is 8.68. The highest BCUT2D eigenvalue weighted by Crippen LogP contribution is 2.13. The van der Waals surface area contributed by atoms with Crippen molar-refractivity contribution in [3.05, 3.63) is 82.9 Å². The number of amides is 2. The number of carbonyl (C=O) groups is 1. The maximum absolute atomic E-state index is 13.3. The first-order valence-corrected chi connectivity index (χ1v) is 8.99. The Morgan fingerprint density at radius 1 is 1.22 bits per heavy atom. The molecule has 140 valence electrons. The zero-order valence-corrected chi connectivity index (χ0v) is 15.7. The van der Waals surface area contributed by atoms with Gasteiger partial charge < -0.3 is 10.2 Å². The molecule has 0 aliphatic rings. The summed E-state index contributed by atoms with van der Waals surface area (Å²) in [6, 6.07) is 13.4. The first-order chi connectivity index (χ1) is 13.0. The van der Waals surface area contributed by atoms with Crippen LogP contribution in [0.1, 0.15) is 18.1 Å². The minimum Gasteiger partial charge on any atom is -0.334 e. The molecule has 0 saturated carbocycles. The number of benzene rings is 2. The van der Waals surface area contributed by atoms with E-state index in [4.69, 9.17) is 11.6 Å². The Morgan fingerprint density at radius 2 is 2.00 bits per heavy atom. The molecule has 0 radical (unpaired) electrons. The van der Waals surface area contributed by atoms with Gasteiger partial charge in [0, 0.05) is 36.4 Å². The molecule has 5 nitrogen and oxygen atoms in total. The number of hydrogen-bond acceptors (Lipinski definition) is 2. The summed E-state index contributed by atoms with van der Waals surface area (Å²) in [4.78, 5) is 14.1. The lowest BCUT2D eigenvalue weighted by molar-refractivity contribution is 0.197. The highest BCUT2D eigenvalue weighted by Gasteiger charge is 2.12. The first-order valence-electron chi connectivity index (χ1n) is 8.62. The molecule has 0 atom stereocenters. The van der Waals surface area contributed by atoms with E-state index >= 15 is 0 Å². The number of halogens is 2. The fourth-order valence-corrected chi connectivity index (χ4v) is 2.78. The number of nitrogens with one attached hydrogen (secondary N) is 1. The molecule has 3 aromatic rings. The van der Waals surface area contributed by atoms with Crippen molar-refractivity contribution in [1.82, 2.24) is 20.0 Å². The van der Waals surface area contributed by atoms with Gasteiger partial charge in [-0.3, -0.25) is 0 Å². The van der Waals surface area contributed by atoms with Gasteiger partial charge in [0.1, 0.15) is 5.82 Å². The number of nitrogens with zero attached hydrogens (tertiary/aromatic N) is 3. The Morgan fingerprint density at radius 3 is 2.70 bits per heavy atom. The third kappa shape index (κ3) is 5.08. The Hall–Kier alpha value is -2.86. The molecule has 3 rings (SSSR count). The number of rotatable bonds is 6. The molecular formula is C20H20ClFN4O. The van der Waals surface area contributed by atoms with Crippen molar-refractivity contribution in [2.75, 3.05) is 6.54 Å². The summed E-state index contributed by atoms with van der Waals surface area (Å²) in [5.74, 6) is -0.307. The van der Waals surface area contributed by atoms with Crippen molar-refractivity contribution in [2.24, 2.45) is 0 Å². The molecule has 0 bridgehead atoms. The topological polar surface area (TPSA) is 50.2 Å². The van der Waals surface area contributed by atoms with Gasteiger partial charge in [-0.1, -0.05) is 23.7 Å². The van der Waals surface area contributed by atoms with Crippen LogP contribution in [-0.2, 0) is 13.1 Å². The SMILES string of the molecule is CCN(Cc1cccc(F)c1)C(=O)NCc1cnn(-c2ccc(Cl)cc2)c1. The van der Waals surface area contributed by atoms with Crippen LogP contribution in [0.25, 0.3) is 5.69 Å². The lowest BCUT2D eigenvalue weighted by atomic mass is 10.2. The van der Waals surface area contributed by atoms with Gasteiger partial charge in [-0.2, -0.15) is 5.10 Å². The van der Waals surface area contributed by atoms with E-state index in [1.807, 2.05) is 25.3 Å². The van der Waals surface area contributed by atoms with E-state index in [-0.39, 0.29) is 11.8 Å². The highest BCUT2D eigenvalue weighted by atomic mass is 35.5. The van der Waals surface area contributed by atoms with Crippen molar-refractivity contribution in [1.29, 1.82) is 0 Å². The fourth-order valence-electron chi connectivity index (χ4n) is 2.66.